The minimum atomic E-state index is -0.755. The van der Waals surface area contributed by atoms with Crippen LogP contribution in [0.25, 0.3) is 0 Å². The quantitative estimate of drug-likeness (QED) is 0.635. The number of hydrogen-bond donors (Lipinski definition) is 2. The first kappa shape index (κ1) is 21.5. The Balaban J connectivity index is 1.27. The van der Waals surface area contributed by atoms with Crippen molar-refractivity contribution in [2.24, 2.45) is 5.92 Å². The highest BCUT2D eigenvalue weighted by Gasteiger charge is 2.30. The number of carbonyl (C=O) groups is 2. The number of anilines is 2. The number of hydrogen-bond acceptors (Lipinski definition) is 6. The van der Waals surface area contributed by atoms with Crippen LogP contribution in [-0.4, -0.2) is 46.9 Å². The lowest BCUT2D eigenvalue weighted by Crippen LogP contribution is -2.44. The summed E-state index contributed by atoms with van der Waals surface area (Å²) < 4.78 is 26.4. The monoisotopic (exact) mass is 447 g/mol. The van der Waals surface area contributed by atoms with E-state index < -0.39 is 17.5 Å². The summed E-state index contributed by atoms with van der Waals surface area (Å²) in [7, 11) is 0. The van der Waals surface area contributed by atoms with Crippen molar-refractivity contribution in [2.45, 2.75) is 36.8 Å². The molecule has 1 aromatic heterocycles. The lowest BCUT2D eigenvalue weighted by molar-refractivity contribution is -0.125. The molecule has 1 aliphatic carbocycles. The topological polar surface area (TPSA) is 87.2 Å². The van der Waals surface area contributed by atoms with Crippen LogP contribution in [0.4, 0.5) is 20.3 Å². The van der Waals surface area contributed by atoms with Gasteiger partial charge in [0.1, 0.15) is 16.7 Å². The van der Waals surface area contributed by atoms with E-state index in [0.717, 1.165) is 50.4 Å². The van der Waals surface area contributed by atoms with Gasteiger partial charge in [-0.25, -0.2) is 8.78 Å². The number of halogens is 2. The Morgan fingerprint density at radius 1 is 1.10 bits per heavy atom. The highest BCUT2D eigenvalue weighted by atomic mass is 32.2. The Bertz CT molecular complexity index is 935. The molecule has 1 atom stereocenters. The molecule has 2 aliphatic rings. The summed E-state index contributed by atoms with van der Waals surface area (Å²) >= 11 is 1.17. The summed E-state index contributed by atoms with van der Waals surface area (Å²) in [6.07, 6.45) is 3.94. The van der Waals surface area contributed by atoms with Gasteiger partial charge in [-0.2, -0.15) is 0 Å². The molecule has 31 heavy (non-hydrogen) atoms. The lowest BCUT2D eigenvalue weighted by Gasteiger charge is -2.32. The first-order valence-corrected chi connectivity index (χ1v) is 11.2. The van der Waals surface area contributed by atoms with Crippen LogP contribution in [0.1, 0.15) is 25.7 Å². The minimum Gasteiger partial charge on any atom is -0.354 e. The van der Waals surface area contributed by atoms with Crippen molar-refractivity contribution in [2.75, 3.05) is 29.1 Å². The zero-order chi connectivity index (χ0) is 21.8. The number of nitrogens with zero attached hydrogens (tertiary/aromatic N) is 3. The Morgan fingerprint density at radius 3 is 2.55 bits per heavy atom. The number of benzene rings is 1. The number of aromatic nitrogens is 2. The van der Waals surface area contributed by atoms with Crippen LogP contribution in [-0.2, 0) is 9.59 Å². The first-order valence-electron chi connectivity index (χ1n) is 10.2. The summed E-state index contributed by atoms with van der Waals surface area (Å²) in [4.78, 5) is 26.4. The number of amides is 2. The second kappa shape index (κ2) is 9.59. The van der Waals surface area contributed by atoms with Crippen LogP contribution < -0.4 is 15.5 Å². The van der Waals surface area contributed by atoms with Crippen LogP contribution in [0.5, 0.6) is 0 Å². The molecule has 0 unspecified atom stereocenters. The van der Waals surface area contributed by atoms with E-state index in [1.807, 2.05) is 6.07 Å². The maximum absolute atomic E-state index is 13.2. The lowest BCUT2D eigenvalue weighted by atomic mass is 9.97. The van der Waals surface area contributed by atoms with Gasteiger partial charge in [0.15, 0.2) is 5.82 Å². The Hall–Kier alpha value is -2.75. The van der Waals surface area contributed by atoms with Crippen LogP contribution in [0, 0.1) is 17.6 Å². The molecule has 1 aromatic carbocycles. The number of rotatable bonds is 7. The normalized spacial score (nSPS) is 18.5. The fourth-order valence-electron chi connectivity index (χ4n) is 3.47. The number of carbonyl (C=O) groups excluding carboxylic acids is 2. The maximum Gasteiger partial charge on any atom is 0.234 e. The molecule has 2 N–H and O–H groups in total. The van der Waals surface area contributed by atoms with Gasteiger partial charge in [-0.05, 0) is 49.9 Å². The summed E-state index contributed by atoms with van der Waals surface area (Å²) in [5, 5.41) is 14.5. The average Bonchev–Trinajstić information content (AvgIpc) is 3.56. The second-order valence-electron chi connectivity index (χ2n) is 7.79. The van der Waals surface area contributed by atoms with E-state index in [4.69, 9.17) is 0 Å². The van der Waals surface area contributed by atoms with E-state index in [2.05, 4.69) is 25.7 Å². The molecule has 0 spiro atoms. The molecule has 4 rings (SSSR count). The molecule has 2 aromatic rings. The van der Waals surface area contributed by atoms with E-state index in [-0.39, 0.29) is 23.3 Å². The zero-order valence-corrected chi connectivity index (χ0v) is 17.6. The molecule has 1 saturated carbocycles. The van der Waals surface area contributed by atoms with Crippen LogP contribution in [0.15, 0.2) is 35.4 Å². The van der Waals surface area contributed by atoms with Gasteiger partial charge in [0, 0.05) is 30.9 Å². The Morgan fingerprint density at radius 2 is 1.87 bits per heavy atom. The van der Waals surface area contributed by atoms with E-state index >= 15 is 0 Å². The molecule has 2 fully saturated rings. The zero-order valence-electron chi connectivity index (χ0n) is 16.8. The SMILES string of the molecule is O=C(CSc1ccc(N2CCC[C@H](C(=O)NC3CC3)C2)nn1)Nc1cc(F)cc(F)c1. The Kier molecular flexibility index (Phi) is 6.64. The van der Waals surface area contributed by atoms with Gasteiger partial charge in [-0.15, -0.1) is 10.2 Å². The summed E-state index contributed by atoms with van der Waals surface area (Å²) in [6.45, 7) is 1.44. The fourth-order valence-corrected chi connectivity index (χ4v) is 4.08. The van der Waals surface area contributed by atoms with Gasteiger partial charge < -0.3 is 15.5 Å². The fraction of sp³-hybridized carbons (Fsp3) is 0.429. The highest BCUT2D eigenvalue weighted by Crippen LogP contribution is 2.25. The number of thioether (sulfide) groups is 1. The summed E-state index contributed by atoms with van der Waals surface area (Å²) in [5.41, 5.74) is 0.0647. The molecule has 0 radical (unpaired) electrons. The van der Waals surface area contributed by atoms with Crippen LogP contribution in [0.2, 0.25) is 0 Å². The van der Waals surface area contributed by atoms with Gasteiger partial charge in [0.25, 0.3) is 0 Å². The van der Waals surface area contributed by atoms with Crippen LogP contribution in [0.3, 0.4) is 0 Å². The molecular weight excluding hydrogens is 424 g/mol. The first-order chi connectivity index (χ1) is 15.0. The molecule has 2 amide bonds. The number of piperidine rings is 1. The smallest absolute Gasteiger partial charge is 0.234 e. The standard InChI is InChI=1S/C21H23F2N5O2S/c22-14-8-15(23)10-17(9-14)24-19(29)12-31-20-6-5-18(26-27-20)28-7-1-2-13(11-28)21(30)25-16-3-4-16/h5-6,8-10,13,16H,1-4,7,11-12H2,(H,24,29)(H,25,30)/t13-/m0/s1. The predicted octanol–water partition coefficient (Wildman–Crippen LogP) is 2.98. The molecule has 1 saturated heterocycles. The van der Waals surface area contributed by atoms with Crippen molar-refractivity contribution >= 4 is 35.1 Å². The molecule has 2 heterocycles. The van der Waals surface area contributed by atoms with E-state index in [1.165, 1.54) is 11.8 Å². The van der Waals surface area contributed by atoms with Crippen LogP contribution >= 0.6 is 11.8 Å². The summed E-state index contributed by atoms with van der Waals surface area (Å²) in [5.74, 6) is -1.10. The van der Waals surface area contributed by atoms with Crippen molar-refractivity contribution < 1.29 is 18.4 Å². The molecule has 1 aliphatic heterocycles. The van der Waals surface area contributed by atoms with Crippen molar-refractivity contribution in [3.63, 3.8) is 0 Å². The maximum atomic E-state index is 13.2. The third-order valence-electron chi connectivity index (χ3n) is 5.16. The molecular formula is C21H23F2N5O2S. The average molecular weight is 448 g/mol. The summed E-state index contributed by atoms with van der Waals surface area (Å²) in [6, 6.07) is 6.81. The van der Waals surface area contributed by atoms with Crippen molar-refractivity contribution in [3.8, 4) is 0 Å². The minimum absolute atomic E-state index is 0.0271. The number of nitrogens with one attached hydrogen (secondary N) is 2. The third-order valence-corrected chi connectivity index (χ3v) is 6.08. The van der Waals surface area contributed by atoms with Gasteiger partial charge >= 0.3 is 0 Å². The largest absolute Gasteiger partial charge is 0.354 e. The highest BCUT2D eigenvalue weighted by molar-refractivity contribution is 7.99. The van der Waals surface area contributed by atoms with Crippen molar-refractivity contribution in [1.29, 1.82) is 0 Å². The van der Waals surface area contributed by atoms with E-state index in [1.54, 1.807) is 6.07 Å². The second-order valence-corrected chi connectivity index (χ2v) is 8.79. The molecule has 0 bridgehead atoms. The third kappa shape index (κ3) is 6.13. The molecule has 7 nitrogen and oxygen atoms in total. The van der Waals surface area contributed by atoms with Gasteiger partial charge in [-0.3, -0.25) is 9.59 Å². The van der Waals surface area contributed by atoms with Gasteiger partial charge in [-0.1, -0.05) is 11.8 Å². The molecule has 10 heteroatoms. The Labute approximate surface area is 183 Å². The van der Waals surface area contributed by atoms with Gasteiger partial charge in [0.05, 0.1) is 11.7 Å². The van der Waals surface area contributed by atoms with E-state index in [9.17, 15) is 18.4 Å². The van der Waals surface area contributed by atoms with Crippen molar-refractivity contribution in [1.82, 2.24) is 15.5 Å². The molecule has 164 valence electrons. The van der Waals surface area contributed by atoms with Crippen molar-refractivity contribution in [3.05, 3.63) is 42.0 Å². The van der Waals surface area contributed by atoms with Gasteiger partial charge in [0.2, 0.25) is 11.8 Å². The van der Waals surface area contributed by atoms with E-state index in [0.29, 0.717) is 23.4 Å². The predicted molar refractivity (Wildman–Crippen MR) is 114 cm³/mol.